The third-order valence-electron chi connectivity index (χ3n) is 4.08. The number of amides is 2. The smallest absolute Gasteiger partial charge is 0.315 e. The molecule has 1 fully saturated rings. The summed E-state index contributed by atoms with van der Waals surface area (Å²) >= 11 is 3.52. The lowest BCUT2D eigenvalue weighted by molar-refractivity contribution is 0.240. The maximum atomic E-state index is 12.1. The van der Waals surface area contributed by atoms with Crippen molar-refractivity contribution in [2.45, 2.75) is 55.2 Å². The van der Waals surface area contributed by atoms with Crippen molar-refractivity contribution in [3.8, 4) is 0 Å². The van der Waals surface area contributed by atoms with Gasteiger partial charge < -0.3 is 10.6 Å². The first-order chi connectivity index (χ1) is 11.9. The zero-order valence-electron chi connectivity index (χ0n) is 15.0. The van der Waals surface area contributed by atoms with Crippen LogP contribution in [0.15, 0.2) is 40.6 Å². The number of carbonyl (C=O) groups excluding carboxylic acids is 1. The second-order valence-corrected chi connectivity index (χ2v) is 9.93. The molecule has 6 heteroatoms. The lowest BCUT2D eigenvalue weighted by atomic mass is 9.98. The van der Waals surface area contributed by atoms with Crippen LogP contribution in [0.3, 0.4) is 0 Å². The van der Waals surface area contributed by atoms with Crippen LogP contribution in [-0.2, 0) is 12.0 Å². The molecule has 1 heterocycles. The van der Waals surface area contributed by atoms with Gasteiger partial charge in [-0.05, 0) is 25.0 Å². The number of aromatic nitrogens is 1. The first-order valence-corrected chi connectivity index (χ1v) is 10.3. The Hall–Kier alpha value is -1.53. The number of urea groups is 1. The van der Waals surface area contributed by atoms with E-state index in [1.54, 1.807) is 11.3 Å². The Bertz CT molecular complexity index is 718. The summed E-state index contributed by atoms with van der Waals surface area (Å²) in [6.07, 6.45) is 2.29. The quantitative estimate of drug-likeness (QED) is 0.778. The lowest BCUT2D eigenvalue weighted by Crippen LogP contribution is -2.39. The fourth-order valence-corrected chi connectivity index (χ4v) is 4.55. The molecule has 134 valence electrons. The molecule has 4 nitrogen and oxygen atoms in total. The minimum atomic E-state index is -0.120. The van der Waals surface area contributed by atoms with E-state index in [1.165, 1.54) is 4.90 Å². The van der Waals surface area contributed by atoms with E-state index in [0.717, 1.165) is 23.5 Å². The molecule has 25 heavy (non-hydrogen) atoms. The molecule has 0 bridgehead atoms. The summed E-state index contributed by atoms with van der Waals surface area (Å²) in [6, 6.07) is 10.3. The maximum Gasteiger partial charge on any atom is 0.315 e. The SMILES string of the molecule is CC(C)(C)c1nc(CNC(=O)NCC2(Sc3ccccc3)CC2)cs1. The zero-order chi connectivity index (χ0) is 17.9. The van der Waals surface area contributed by atoms with Crippen LogP contribution in [0.2, 0.25) is 0 Å². The van der Waals surface area contributed by atoms with Crippen molar-refractivity contribution in [2.75, 3.05) is 6.54 Å². The molecule has 0 atom stereocenters. The summed E-state index contributed by atoms with van der Waals surface area (Å²) in [7, 11) is 0. The summed E-state index contributed by atoms with van der Waals surface area (Å²) in [5.41, 5.74) is 0.975. The van der Waals surface area contributed by atoms with Gasteiger partial charge in [0.1, 0.15) is 0 Å². The van der Waals surface area contributed by atoms with Crippen LogP contribution in [0.4, 0.5) is 4.79 Å². The average molecular weight is 376 g/mol. The van der Waals surface area contributed by atoms with Crippen molar-refractivity contribution < 1.29 is 4.79 Å². The van der Waals surface area contributed by atoms with Gasteiger partial charge in [-0.1, -0.05) is 39.0 Å². The van der Waals surface area contributed by atoms with Gasteiger partial charge in [0.25, 0.3) is 0 Å². The standard InChI is InChI=1S/C19H25N3OS2/c1-18(2,3)16-22-14(12-24-16)11-20-17(23)21-13-19(9-10-19)25-15-7-5-4-6-8-15/h4-8,12H,9-11,13H2,1-3H3,(H2,20,21,23). The van der Waals surface area contributed by atoms with Crippen LogP contribution in [0, 0.1) is 0 Å². The molecule has 1 aromatic carbocycles. The fraction of sp³-hybridized carbons (Fsp3) is 0.474. The zero-order valence-corrected chi connectivity index (χ0v) is 16.6. The summed E-state index contributed by atoms with van der Waals surface area (Å²) in [4.78, 5) is 18.0. The van der Waals surface area contributed by atoms with E-state index in [0.29, 0.717) is 13.1 Å². The van der Waals surface area contributed by atoms with E-state index >= 15 is 0 Å². The average Bonchev–Trinajstić information content (AvgIpc) is 3.15. The topological polar surface area (TPSA) is 54.0 Å². The van der Waals surface area contributed by atoms with Gasteiger partial charge in [0.05, 0.1) is 17.2 Å². The van der Waals surface area contributed by atoms with Crippen LogP contribution in [-0.4, -0.2) is 22.3 Å². The Labute approximate surface area is 157 Å². The number of nitrogens with zero attached hydrogens (tertiary/aromatic N) is 1. The van der Waals surface area contributed by atoms with E-state index in [1.807, 2.05) is 23.2 Å². The summed E-state index contributed by atoms with van der Waals surface area (Å²) in [6.45, 7) is 7.61. The molecule has 3 rings (SSSR count). The summed E-state index contributed by atoms with van der Waals surface area (Å²) in [5.74, 6) is 0. The number of benzene rings is 1. The second-order valence-electron chi connectivity index (χ2n) is 7.53. The number of hydrogen-bond acceptors (Lipinski definition) is 4. The van der Waals surface area contributed by atoms with Crippen molar-refractivity contribution >= 4 is 29.1 Å². The Kier molecular flexibility index (Phi) is 5.39. The van der Waals surface area contributed by atoms with Gasteiger partial charge in [0.15, 0.2) is 0 Å². The molecule has 0 radical (unpaired) electrons. The van der Waals surface area contributed by atoms with Gasteiger partial charge in [0, 0.05) is 27.0 Å². The molecule has 1 aromatic heterocycles. The molecule has 1 aliphatic rings. The number of rotatable bonds is 6. The monoisotopic (exact) mass is 375 g/mol. The molecule has 0 unspecified atom stereocenters. The highest BCUT2D eigenvalue weighted by Gasteiger charge is 2.43. The van der Waals surface area contributed by atoms with Crippen LogP contribution in [0.1, 0.15) is 44.3 Å². The van der Waals surface area contributed by atoms with Gasteiger partial charge in [-0.15, -0.1) is 23.1 Å². The maximum absolute atomic E-state index is 12.1. The molecular formula is C19H25N3OS2. The van der Waals surface area contributed by atoms with Crippen molar-refractivity contribution in [3.63, 3.8) is 0 Å². The highest BCUT2D eigenvalue weighted by atomic mass is 32.2. The van der Waals surface area contributed by atoms with Crippen molar-refractivity contribution in [1.82, 2.24) is 15.6 Å². The van der Waals surface area contributed by atoms with Gasteiger partial charge in [-0.25, -0.2) is 9.78 Å². The van der Waals surface area contributed by atoms with E-state index in [2.05, 4.69) is 60.7 Å². The molecule has 2 aromatic rings. The number of carbonyl (C=O) groups is 1. The normalized spacial score (nSPS) is 15.6. The van der Waals surface area contributed by atoms with Gasteiger partial charge >= 0.3 is 6.03 Å². The predicted octanol–water partition coefficient (Wildman–Crippen LogP) is 4.56. The highest BCUT2D eigenvalue weighted by Crippen LogP contribution is 2.51. The Balaban J connectivity index is 1.43. The second kappa shape index (κ2) is 7.38. The Morgan fingerprint density at radius 2 is 1.96 bits per heavy atom. The number of nitrogens with one attached hydrogen (secondary N) is 2. The van der Waals surface area contributed by atoms with Gasteiger partial charge in [-0.3, -0.25) is 0 Å². The van der Waals surface area contributed by atoms with Crippen molar-refractivity contribution in [2.24, 2.45) is 0 Å². The van der Waals surface area contributed by atoms with Gasteiger partial charge in [-0.2, -0.15) is 0 Å². The fourth-order valence-electron chi connectivity index (χ4n) is 2.40. The molecule has 0 spiro atoms. The molecule has 0 saturated heterocycles. The van der Waals surface area contributed by atoms with E-state index in [4.69, 9.17) is 0 Å². The predicted molar refractivity (Wildman–Crippen MR) is 105 cm³/mol. The van der Waals surface area contributed by atoms with Gasteiger partial charge in [0.2, 0.25) is 0 Å². The molecule has 1 saturated carbocycles. The Morgan fingerprint density at radius 1 is 1.24 bits per heavy atom. The third kappa shape index (κ3) is 5.22. The van der Waals surface area contributed by atoms with E-state index < -0.39 is 0 Å². The number of thiazole rings is 1. The van der Waals surface area contributed by atoms with E-state index in [-0.39, 0.29) is 16.2 Å². The van der Waals surface area contributed by atoms with Crippen molar-refractivity contribution in [3.05, 3.63) is 46.4 Å². The number of thioether (sulfide) groups is 1. The highest BCUT2D eigenvalue weighted by molar-refractivity contribution is 8.01. The lowest BCUT2D eigenvalue weighted by Gasteiger charge is -2.16. The van der Waals surface area contributed by atoms with Crippen LogP contribution < -0.4 is 10.6 Å². The van der Waals surface area contributed by atoms with Crippen molar-refractivity contribution in [1.29, 1.82) is 0 Å². The third-order valence-corrected chi connectivity index (χ3v) is 6.89. The molecule has 1 aliphatic carbocycles. The molecule has 2 amide bonds. The minimum Gasteiger partial charge on any atom is -0.337 e. The summed E-state index contributed by atoms with van der Waals surface area (Å²) in [5, 5.41) is 9.05. The van der Waals surface area contributed by atoms with Crippen LogP contribution in [0.5, 0.6) is 0 Å². The van der Waals surface area contributed by atoms with Crippen LogP contribution in [0.25, 0.3) is 0 Å². The Morgan fingerprint density at radius 3 is 2.56 bits per heavy atom. The molecule has 2 N–H and O–H groups in total. The minimum absolute atomic E-state index is 0.0538. The molecular weight excluding hydrogens is 350 g/mol. The van der Waals surface area contributed by atoms with E-state index in [9.17, 15) is 4.79 Å². The van der Waals surface area contributed by atoms with Crippen LogP contribution >= 0.6 is 23.1 Å². The molecule has 0 aliphatic heterocycles. The summed E-state index contributed by atoms with van der Waals surface area (Å²) < 4.78 is 0.165. The first-order valence-electron chi connectivity index (χ1n) is 8.57. The first kappa shape index (κ1) is 18.3. The number of hydrogen-bond donors (Lipinski definition) is 2. The largest absolute Gasteiger partial charge is 0.337 e.